The van der Waals surface area contributed by atoms with Crippen molar-refractivity contribution in [1.82, 2.24) is 0 Å². The Kier molecular flexibility index (Phi) is 3.80. The van der Waals surface area contributed by atoms with Crippen LogP contribution in [0, 0.1) is 0 Å². The lowest BCUT2D eigenvalue weighted by Gasteiger charge is -2.18. The van der Waals surface area contributed by atoms with Crippen molar-refractivity contribution in [2.45, 2.75) is 0 Å². The lowest BCUT2D eigenvalue weighted by molar-refractivity contribution is 0.634. The Hall–Kier alpha value is -5.66. The molecule has 0 unspecified atom stereocenters. The summed E-state index contributed by atoms with van der Waals surface area (Å²) in [5.41, 5.74) is 3.01. The van der Waals surface area contributed by atoms with Crippen LogP contribution in [-0.2, 0) is 0 Å². The number of para-hydroxylation sites is 1. The number of benzene rings is 8. The highest BCUT2D eigenvalue weighted by Crippen LogP contribution is 2.49. The molecular formula is C42H26O. The van der Waals surface area contributed by atoms with Crippen molar-refractivity contribution in [3.8, 4) is 33.6 Å². The van der Waals surface area contributed by atoms with Crippen molar-refractivity contribution in [3.05, 3.63) is 158 Å². The smallest absolute Gasteiger partial charge is 0.144 e. The zero-order valence-corrected chi connectivity index (χ0v) is 22.8. The van der Waals surface area contributed by atoms with Crippen molar-refractivity contribution in [3.63, 3.8) is 0 Å². The SMILES string of the molecule is [2H]c1c([2H])c([2H])c2c(-c3oc4ccccc4c3-c3ccccc3)c3c([2H])c([2H])c([2H])c([2H])c3c(-c3ccc4ccc5ccccc5c4c3)c2c1[2H]. The van der Waals surface area contributed by atoms with E-state index in [1.54, 1.807) is 0 Å². The minimum Gasteiger partial charge on any atom is -0.455 e. The summed E-state index contributed by atoms with van der Waals surface area (Å²) in [6, 6.07) is 31.6. The molecule has 43 heavy (non-hydrogen) atoms. The average molecular weight is 555 g/mol. The average Bonchev–Trinajstić information content (AvgIpc) is 3.55. The molecular weight excluding hydrogens is 520 g/mol. The van der Waals surface area contributed by atoms with E-state index in [1.165, 1.54) is 0 Å². The molecule has 0 aliphatic rings. The molecule has 0 atom stereocenters. The standard InChI is InChI=1S/C42H26O/c1-2-13-29(14-3-1)40-36-20-10-11-21-38(36)43-42(40)41-34-18-8-6-16-32(34)39(33-17-7-9-19-35(33)41)30-25-24-28-23-22-27-12-4-5-15-31(27)37(28)26-30/h1-26H/i6D,7D,8D,9D,16D,17D,18D,19D. The van der Waals surface area contributed by atoms with Gasteiger partial charge in [0.1, 0.15) is 11.3 Å². The normalized spacial score (nSPS) is 14.3. The molecule has 1 nitrogen and oxygen atoms in total. The van der Waals surface area contributed by atoms with Gasteiger partial charge in [0.15, 0.2) is 0 Å². The van der Waals surface area contributed by atoms with Crippen LogP contribution in [0.4, 0.5) is 0 Å². The third-order valence-corrected chi connectivity index (χ3v) is 8.30. The maximum absolute atomic E-state index is 9.39. The van der Waals surface area contributed by atoms with Crippen LogP contribution in [0.15, 0.2) is 162 Å². The van der Waals surface area contributed by atoms with Crippen LogP contribution < -0.4 is 0 Å². The second-order valence-corrected chi connectivity index (χ2v) is 10.6. The number of hydrogen-bond acceptors (Lipinski definition) is 1. The Morgan fingerprint density at radius 3 is 1.67 bits per heavy atom. The summed E-state index contributed by atoms with van der Waals surface area (Å²) >= 11 is 0. The molecule has 200 valence electrons. The van der Waals surface area contributed by atoms with Crippen molar-refractivity contribution < 1.29 is 15.4 Å². The molecule has 1 heterocycles. The summed E-state index contributed by atoms with van der Waals surface area (Å²) in [5, 5.41) is 5.15. The van der Waals surface area contributed by atoms with E-state index in [1.807, 2.05) is 109 Å². The van der Waals surface area contributed by atoms with E-state index in [0.717, 1.165) is 32.5 Å². The van der Waals surface area contributed by atoms with E-state index in [4.69, 9.17) is 9.90 Å². The monoisotopic (exact) mass is 554 g/mol. The molecule has 0 saturated heterocycles. The second kappa shape index (κ2) is 9.44. The Morgan fingerprint density at radius 1 is 0.395 bits per heavy atom. The predicted molar refractivity (Wildman–Crippen MR) is 183 cm³/mol. The van der Waals surface area contributed by atoms with Crippen molar-refractivity contribution in [1.29, 1.82) is 0 Å². The number of furan rings is 1. The molecule has 0 aliphatic heterocycles. The van der Waals surface area contributed by atoms with E-state index >= 15 is 0 Å². The van der Waals surface area contributed by atoms with E-state index in [2.05, 4.69) is 0 Å². The maximum atomic E-state index is 9.39. The summed E-state index contributed by atoms with van der Waals surface area (Å²) in [6.07, 6.45) is 0. The molecule has 1 heteroatoms. The molecule has 0 saturated carbocycles. The van der Waals surface area contributed by atoms with E-state index < -0.39 is 24.2 Å². The second-order valence-electron chi connectivity index (χ2n) is 10.6. The van der Waals surface area contributed by atoms with Crippen LogP contribution in [0.1, 0.15) is 11.0 Å². The first-order chi connectivity index (χ1) is 24.7. The number of hydrogen-bond donors (Lipinski definition) is 0. The molecule has 0 radical (unpaired) electrons. The minimum absolute atomic E-state index is 0.114. The summed E-state index contributed by atoms with van der Waals surface area (Å²) in [4.78, 5) is 0. The first-order valence-electron chi connectivity index (χ1n) is 18.1. The number of rotatable bonds is 3. The first kappa shape index (κ1) is 17.3. The van der Waals surface area contributed by atoms with Gasteiger partial charge in [-0.1, -0.05) is 145 Å². The summed E-state index contributed by atoms with van der Waals surface area (Å²) in [5.74, 6) is 0.253. The van der Waals surface area contributed by atoms with Gasteiger partial charge in [-0.3, -0.25) is 0 Å². The minimum atomic E-state index is -0.457. The Balaban J connectivity index is 1.58. The Morgan fingerprint density at radius 2 is 0.953 bits per heavy atom. The highest BCUT2D eigenvalue weighted by atomic mass is 16.3. The van der Waals surface area contributed by atoms with E-state index in [-0.39, 0.29) is 57.0 Å². The van der Waals surface area contributed by atoms with Gasteiger partial charge in [-0.2, -0.15) is 0 Å². The molecule has 0 bridgehead atoms. The molecule has 1 aromatic heterocycles. The highest BCUT2D eigenvalue weighted by molar-refractivity contribution is 6.23. The third-order valence-electron chi connectivity index (χ3n) is 8.30. The van der Waals surface area contributed by atoms with Gasteiger partial charge >= 0.3 is 0 Å². The first-order valence-corrected chi connectivity index (χ1v) is 14.1. The van der Waals surface area contributed by atoms with E-state index in [9.17, 15) is 5.48 Å². The fraction of sp³-hybridized carbons (Fsp3) is 0. The van der Waals surface area contributed by atoms with E-state index in [0.29, 0.717) is 22.3 Å². The molecule has 0 amide bonds. The molecule has 8 aromatic carbocycles. The Bertz CT molecular complexity index is 2870. The van der Waals surface area contributed by atoms with Crippen molar-refractivity contribution in [2.75, 3.05) is 0 Å². The van der Waals surface area contributed by atoms with Crippen LogP contribution in [-0.4, -0.2) is 0 Å². The lowest BCUT2D eigenvalue weighted by atomic mass is 9.85. The van der Waals surface area contributed by atoms with Gasteiger partial charge < -0.3 is 4.42 Å². The van der Waals surface area contributed by atoms with Crippen LogP contribution in [0.5, 0.6) is 0 Å². The van der Waals surface area contributed by atoms with Crippen LogP contribution >= 0.6 is 0 Å². The molecule has 0 N–H and O–H groups in total. The molecule has 0 spiro atoms. The van der Waals surface area contributed by atoms with Crippen molar-refractivity contribution in [2.24, 2.45) is 0 Å². The molecule has 0 aliphatic carbocycles. The maximum Gasteiger partial charge on any atom is 0.144 e. The fourth-order valence-corrected chi connectivity index (χ4v) is 6.41. The van der Waals surface area contributed by atoms with Gasteiger partial charge in [0.05, 0.1) is 11.0 Å². The topological polar surface area (TPSA) is 13.1 Å². The Labute approximate surface area is 260 Å². The third kappa shape index (κ3) is 3.65. The van der Waals surface area contributed by atoms with Gasteiger partial charge in [-0.05, 0) is 71.9 Å². The molecule has 0 fully saturated rings. The van der Waals surface area contributed by atoms with Gasteiger partial charge in [0.25, 0.3) is 0 Å². The van der Waals surface area contributed by atoms with Gasteiger partial charge in [-0.25, -0.2) is 0 Å². The van der Waals surface area contributed by atoms with Gasteiger partial charge in [-0.15, -0.1) is 0 Å². The predicted octanol–water partition coefficient (Wildman–Crippen LogP) is 12.0. The zero-order chi connectivity index (χ0) is 35.3. The summed E-state index contributed by atoms with van der Waals surface area (Å²) < 4.78 is 79.5. The summed E-state index contributed by atoms with van der Waals surface area (Å²) in [7, 11) is 0. The van der Waals surface area contributed by atoms with Crippen LogP contribution in [0.2, 0.25) is 0 Å². The van der Waals surface area contributed by atoms with Crippen LogP contribution in [0.25, 0.3) is 87.6 Å². The quantitative estimate of drug-likeness (QED) is 0.156. The number of fused-ring (bicyclic) bond motifs is 6. The summed E-state index contributed by atoms with van der Waals surface area (Å²) in [6.45, 7) is 0. The fourth-order valence-electron chi connectivity index (χ4n) is 6.41. The van der Waals surface area contributed by atoms with Gasteiger partial charge in [0, 0.05) is 16.5 Å². The zero-order valence-electron chi connectivity index (χ0n) is 30.8. The molecule has 9 aromatic rings. The lowest BCUT2D eigenvalue weighted by Crippen LogP contribution is -1.91. The largest absolute Gasteiger partial charge is 0.455 e. The van der Waals surface area contributed by atoms with Gasteiger partial charge in [0.2, 0.25) is 0 Å². The van der Waals surface area contributed by atoms with Crippen molar-refractivity contribution >= 4 is 54.1 Å². The molecule has 9 rings (SSSR count). The highest BCUT2D eigenvalue weighted by Gasteiger charge is 2.23. The van der Waals surface area contributed by atoms with Crippen LogP contribution in [0.3, 0.4) is 0 Å².